The summed E-state index contributed by atoms with van der Waals surface area (Å²) >= 11 is 0. The standard InChI is InChI=1S/C18H20N2O4/c1-22-10-11-23-16-7-6-14(12-19-16)20-18(21)17-15-5-3-2-4-13(15)8-9-24-17/h2-7,12,17H,8-11H2,1H3,(H,20,21)/t17-/m1/s1. The summed E-state index contributed by atoms with van der Waals surface area (Å²) in [6.07, 6.45) is 1.80. The van der Waals surface area contributed by atoms with Gasteiger partial charge in [-0.25, -0.2) is 4.98 Å². The third-order valence-electron chi connectivity index (χ3n) is 3.77. The van der Waals surface area contributed by atoms with Crippen molar-refractivity contribution in [1.29, 1.82) is 0 Å². The van der Waals surface area contributed by atoms with E-state index in [4.69, 9.17) is 14.2 Å². The highest BCUT2D eigenvalue weighted by atomic mass is 16.5. The van der Waals surface area contributed by atoms with Crippen LogP contribution in [0, 0.1) is 0 Å². The summed E-state index contributed by atoms with van der Waals surface area (Å²) in [7, 11) is 1.61. The van der Waals surface area contributed by atoms with E-state index in [0.29, 0.717) is 31.4 Å². The van der Waals surface area contributed by atoms with Crippen LogP contribution < -0.4 is 10.1 Å². The number of carbonyl (C=O) groups excluding carboxylic acids is 1. The highest BCUT2D eigenvalue weighted by Crippen LogP contribution is 2.28. The minimum atomic E-state index is -0.590. The number of rotatable bonds is 6. The van der Waals surface area contributed by atoms with E-state index in [9.17, 15) is 4.79 Å². The largest absolute Gasteiger partial charge is 0.475 e. The highest BCUT2D eigenvalue weighted by molar-refractivity contribution is 5.95. The van der Waals surface area contributed by atoms with E-state index in [2.05, 4.69) is 10.3 Å². The van der Waals surface area contributed by atoms with Crippen molar-refractivity contribution >= 4 is 11.6 Å². The maximum absolute atomic E-state index is 12.5. The Hall–Kier alpha value is -2.44. The monoisotopic (exact) mass is 328 g/mol. The van der Waals surface area contributed by atoms with Crippen molar-refractivity contribution in [2.24, 2.45) is 0 Å². The number of ether oxygens (including phenoxy) is 3. The number of methoxy groups -OCH3 is 1. The van der Waals surface area contributed by atoms with E-state index in [1.54, 1.807) is 25.4 Å². The molecule has 1 aromatic heterocycles. The van der Waals surface area contributed by atoms with Gasteiger partial charge in [0, 0.05) is 13.2 Å². The average Bonchev–Trinajstić information content (AvgIpc) is 2.63. The maximum atomic E-state index is 12.5. The molecule has 126 valence electrons. The summed E-state index contributed by atoms with van der Waals surface area (Å²) in [5, 5.41) is 2.84. The van der Waals surface area contributed by atoms with Gasteiger partial charge in [-0.1, -0.05) is 24.3 Å². The molecule has 3 rings (SSSR count). The smallest absolute Gasteiger partial charge is 0.258 e. The van der Waals surface area contributed by atoms with E-state index >= 15 is 0 Å². The predicted octanol–water partition coefficient (Wildman–Crippen LogP) is 2.36. The van der Waals surface area contributed by atoms with Crippen LogP contribution in [0.25, 0.3) is 0 Å². The van der Waals surface area contributed by atoms with Crippen molar-refractivity contribution in [2.75, 3.05) is 32.2 Å². The molecule has 1 atom stereocenters. The predicted molar refractivity (Wildman–Crippen MR) is 89.1 cm³/mol. The van der Waals surface area contributed by atoms with Gasteiger partial charge in [0.05, 0.1) is 25.1 Å². The van der Waals surface area contributed by atoms with Crippen LogP contribution in [0.4, 0.5) is 5.69 Å². The summed E-state index contributed by atoms with van der Waals surface area (Å²) in [6, 6.07) is 11.3. The second kappa shape index (κ2) is 7.90. The van der Waals surface area contributed by atoms with Crippen molar-refractivity contribution in [1.82, 2.24) is 4.98 Å². The number of pyridine rings is 1. The van der Waals surface area contributed by atoms with Gasteiger partial charge in [0.25, 0.3) is 5.91 Å². The molecule has 0 saturated heterocycles. The summed E-state index contributed by atoms with van der Waals surface area (Å²) < 4.78 is 16.0. The number of nitrogens with zero attached hydrogens (tertiary/aromatic N) is 1. The van der Waals surface area contributed by atoms with Crippen LogP contribution in [0.1, 0.15) is 17.2 Å². The van der Waals surface area contributed by atoms with E-state index in [1.807, 2.05) is 24.3 Å². The molecule has 0 aliphatic carbocycles. The molecule has 6 heteroatoms. The van der Waals surface area contributed by atoms with Gasteiger partial charge in [-0.05, 0) is 23.6 Å². The van der Waals surface area contributed by atoms with E-state index in [1.165, 1.54) is 0 Å². The zero-order valence-electron chi connectivity index (χ0n) is 13.5. The van der Waals surface area contributed by atoms with Crippen molar-refractivity contribution < 1.29 is 19.0 Å². The first-order chi connectivity index (χ1) is 11.8. The minimum absolute atomic E-state index is 0.197. The number of hydrogen-bond acceptors (Lipinski definition) is 5. The molecule has 0 saturated carbocycles. The number of anilines is 1. The second-order valence-electron chi connectivity index (χ2n) is 5.42. The molecule has 0 fully saturated rings. The molecular weight excluding hydrogens is 308 g/mol. The Morgan fingerprint density at radius 1 is 1.29 bits per heavy atom. The minimum Gasteiger partial charge on any atom is -0.475 e. The van der Waals surface area contributed by atoms with Crippen LogP contribution in [0.5, 0.6) is 5.88 Å². The number of fused-ring (bicyclic) bond motifs is 1. The van der Waals surface area contributed by atoms with Crippen LogP contribution in [0.15, 0.2) is 42.6 Å². The van der Waals surface area contributed by atoms with Crippen LogP contribution >= 0.6 is 0 Å². The Morgan fingerprint density at radius 2 is 2.17 bits per heavy atom. The molecule has 2 heterocycles. The van der Waals surface area contributed by atoms with E-state index in [0.717, 1.165) is 17.5 Å². The third-order valence-corrected chi connectivity index (χ3v) is 3.77. The molecule has 2 aromatic rings. The number of nitrogens with one attached hydrogen (secondary N) is 1. The summed E-state index contributed by atoms with van der Waals surface area (Å²) in [5.41, 5.74) is 2.68. The number of benzene rings is 1. The Balaban J connectivity index is 1.63. The van der Waals surface area contributed by atoms with Crippen LogP contribution in [0.2, 0.25) is 0 Å². The first-order valence-electron chi connectivity index (χ1n) is 7.86. The van der Waals surface area contributed by atoms with Crippen molar-refractivity contribution in [3.05, 3.63) is 53.7 Å². The summed E-state index contributed by atoms with van der Waals surface area (Å²) in [4.78, 5) is 16.7. The Kier molecular flexibility index (Phi) is 5.40. The Bertz CT molecular complexity index is 688. The van der Waals surface area contributed by atoms with Gasteiger partial charge in [-0.15, -0.1) is 0 Å². The van der Waals surface area contributed by atoms with E-state index < -0.39 is 6.10 Å². The molecular formula is C18H20N2O4. The van der Waals surface area contributed by atoms with Gasteiger partial charge < -0.3 is 19.5 Å². The maximum Gasteiger partial charge on any atom is 0.258 e. The fraction of sp³-hybridized carbons (Fsp3) is 0.333. The molecule has 1 aliphatic heterocycles. The van der Waals surface area contributed by atoms with Gasteiger partial charge in [-0.3, -0.25) is 4.79 Å². The molecule has 6 nitrogen and oxygen atoms in total. The third kappa shape index (κ3) is 3.90. The molecule has 0 spiro atoms. The Morgan fingerprint density at radius 3 is 2.96 bits per heavy atom. The molecule has 0 bridgehead atoms. The van der Waals surface area contributed by atoms with Gasteiger partial charge in [0.15, 0.2) is 6.10 Å². The lowest BCUT2D eigenvalue weighted by Gasteiger charge is -2.25. The first kappa shape index (κ1) is 16.4. The molecule has 1 amide bonds. The number of aromatic nitrogens is 1. The van der Waals surface area contributed by atoms with Gasteiger partial charge in [-0.2, -0.15) is 0 Å². The van der Waals surface area contributed by atoms with Crippen LogP contribution in [-0.4, -0.2) is 37.8 Å². The highest BCUT2D eigenvalue weighted by Gasteiger charge is 2.27. The fourth-order valence-electron chi connectivity index (χ4n) is 2.59. The quantitative estimate of drug-likeness (QED) is 0.825. The van der Waals surface area contributed by atoms with Crippen LogP contribution in [0.3, 0.4) is 0 Å². The lowest BCUT2D eigenvalue weighted by atomic mass is 9.97. The number of carbonyl (C=O) groups is 1. The zero-order chi connectivity index (χ0) is 16.8. The van der Waals surface area contributed by atoms with Gasteiger partial charge in [0.2, 0.25) is 5.88 Å². The van der Waals surface area contributed by atoms with Crippen molar-refractivity contribution in [2.45, 2.75) is 12.5 Å². The van der Waals surface area contributed by atoms with Gasteiger partial charge >= 0.3 is 0 Å². The van der Waals surface area contributed by atoms with Crippen LogP contribution in [-0.2, 0) is 20.7 Å². The SMILES string of the molecule is COCCOc1ccc(NC(=O)[C@@H]2OCCc3ccccc32)cn1. The first-order valence-corrected chi connectivity index (χ1v) is 7.86. The van der Waals surface area contributed by atoms with Crippen molar-refractivity contribution in [3.63, 3.8) is 0 Å². The Labute approximate surface area is 140 Å². The fourth-order valence-corrected chi connectivity index (χ4v) is 2.59. The molecule has 1 aromatic carbocycles. The van der Waals surface area contributed by atoms with Crippen molar-refractivity contribution in [3.8, 4) is 5.88 Å². The average molecular weight is 328 g/mol. The lowest BCUT2D eigenvalue weighted by molar-refractivity contribution is -0.128. The van der Waals surface area contributed by atoms with E-state index in [-0.39, 0.29) is 5.91 Å². The normalized spacial score (nSPS) is 16.3. The zero-order valence-corrected chi connectivity index (χ0v) is 13.5. The van der Waals surface area contributed by atoms with Gasteiger partial charge in [0.1, 0.15) is 6.61 Å². The molecule has 0 unspecified atom stereocenters. The topological polar surface area (TPSA) is 69.7 Å². The number of hydrogen-bond donors (Lipinski definition) is 1. The summed E-state index contributed by atoms with van der Waals surface area (Å²) in [5.74, 6) is 0.293. The molecule has 24 heavy (non-hydrogen) atoms. The second-order valence-corrected chi connectivity index (χ2v) is 5.42. The number of amides is 1. The molecule has 1 aliphatic rings. The molecule has 0 radical (unpaired) electrons. The molecule has 1 N–H and O–H groups in total. The lowest BCUT2D eigenvalue weighted by Crippen LogP contribution is -2.28. The summed E-state index contributed by atoms with van der Waals surface area (Å²) in [6.45, 7) is 1.47.